The number of hydrogen-bond acceptors (Lipinski definition) is 1. The van der Waals surface area contributed by atoms with Crippen molar-refractivity contribution in [3.05, 3.63) is 22.8 Å². The Balaban J connectivity index is 2.19. The molecule has 2 aliphatic rings. The van der Waals surface area contributed by atoms with Gasteiger partial charge in [-0.3, -0.25) is 0 Å². The van der Waals surface area contributed by atoms with Crippen molar-refractivity contribution in [2.75, 3.05) is 20.1 Å². The lowest BCUT2D eigenvalue weighted by atomic mass is 9.83. The van der Waals surface area contributed by atoms with E-state index in [4.69, 9.17) is 0 Å². The third-order valence-electron chi connectivity index (χ3n) is 3.74. The Labute approximate surface area is 87.5 Å². The van der Waals surface area contributed by atoms with Crippen molar-refractivity contribution in [3.8, 4) is 0 Å². The molecule has 0 spiro atoms. The molecule has 1 heterocycles. The van der Waals surface area contributed by atoms with Gasteiger partial charge in [0.05, 0.1) is 0 Å². The Bertz CT molecular complexity index is 286. The van der Waals surface area contributed by atoms with Gasteiger partial charge in [-0.05, 0) is 44.7 Å². The highest BCUT2D eigenvalue weighted by atomic mass is 15.1. The Kier molecular flexibility index (Phi) is 2.78. The number of hydrogen-bond donors (Lipinski definition) is 0. The quantitative estimate of drug-likeness (QED) is 0.569. The van der Waals surface area contributed by atoms with Crippen LogP contribution in [0.2, 0.25) is 0 Å². The van der Waals surface area contributed by atoms with E-state index in [2.05, 4.69) is 31.9 Å². The van der Waals surface area contributed by atoms with E-state index in [9.17, 15) is 0 Å². The summed E-state index contributed by atoms with van der Waals surface area (Å²) in [6, 6.07) is 0. The third-order valence-corrected chi connectivity index (χ3v) is 3.74. The molecule has 2 rings (SSSR count). The summed E-state index contributed by atoms with van der Waals surface area (Å²) >= 11 is 0. The average Bonchev–Trinajstić information content (AvgIpc) is 2.31. The van der Waals surface area contributed by atoms with E-state index in [0.29, 0.717) is 0 Å². The van der Waals surface area contributed by atoms with Gasteiger partial charge in [-0.25, -0.2) is 0 Å². The molecule has 1 aliphatic heterocycles. The van der Waals surface area contributed by atoms with Gasteiger partial charge in [0.25, 0.3) is 0 Å². The van der Waals surface area contributed by atoms with Crippen molar-refractivity contribution in [2.45, 2.75) is 33.1 Å². The number of nitrogens with zero attached hydrogens (tertiary/aromatic N) is 1. The molecule has 0 fully saturated rings. The summed E-state index contributed by atoms with van der Waals surface area (Å²) in [6.45, 7) is 7.11. The Morgan fingerprint density at radius 2 is 2.00 bits per heavy atom. The molecule has 1 aliphatic carbocycles. The molecule has 0 bridgehead atoms. The minimum Gasteiger partial charge on any atom is -0.306 e. The zero-order valence-corrected chi connectivity index (χ0v) is 9.64. The smallest absolute Gasteiger partial charge is 0.00189 e. The highest BCUT2D eigenvalue weighted by Gasteiger charge is 2.19. The topological polar surface area (TPSA) is 3.24 Å². The van der Waals surface area contributed by atoms with E-state index in [1.165, 1.54) is 32.4 Å². The summed E-state index contributed by atoms with van der Waals surface area (Å²) in [5, 5.41) is 0. The lowest BCUT2D eigenvalue weighted by Gasteiger charge is -2.22. The summed E-state index contributed by atoms with van der Waals surface area (Å²) in [5.41, 5.74) is 4.95. The van der Waals surface area contributed by atoms with E-state index in [1.807, 2.05) is 0 Å². The lowest BCUT2D eigenvalue weighted by Crippen LogP contribution is -2.19. The van der Waals surface area contributed by atoms with Gasteiger partial charge in [-0.2, -0.15) is 0 Å². The van der Waals surface area contributed by atoms with Gasteiger partial charge in [0.15, 0.2) is 0 Å². The molecule has 0 saturated heterocycles. The van der Waals surface area contributed by atoms with Gasteiger partial charge < -0.3 is 4.90 Å². The maximum atomic E-state index is 2.45. The van der Waals surface area contributed by atoms with Crippen molar-refractivity contribution in [2.24, 2.45) is 5.92 Å². The lowest BCUT2D eigenvalue weighted by molar-refractivity contribution is 0.351. The second-order valence-electron chi connectivity index (χ2n) is 4.93. The van der Waals surface area contributed by atoms with Gasteiger partial charge in [-0.15, -0.1) is 0 Å². The summed E-state index contributed by atoms with van der Waals surface area (Å²) in [4.78, 5) is 2.45. The molecular weight excluding hydrogens is 170 g/mol. The minimum absolute atomic E-state index is 0.775. The first-order valence-electron chi connectivity index (χ1n) is 5.74. The van der Waals surface area contributed by atoms with Gasteiger partial charge in [0.1, 0.15) is 0 Å². The van der Waals surface area contributed by atoms with Gasteiger partial charge >= 0.3 is 0 Å². The van der Waals surface area contributed by atoms with Gasteiger partial charge in [-0.1, -0.05) is 24.1 Å². The van der Waals surface area contributed by atoms with Crippen molar-refractivity contribution < 1.29 is 0 Å². The van der Waals surface area contributed by atoms with Crippen LogP contribution in [-0.2, 0) is 0 Å². The summed E-state index contributed by atoms with van der Waals surface area (Å²) < 4.78 is 0. The second-order valence-corrected chi connectivity index (χ2v) is 4.93. The van der Waals surface area contributed by atoms with Crippen LogP contribution in [0, 0.1) is 5.92 Å². The molecule has 1 nitrogen and oxygen atoms in total. The fraction of sp³-hybridized carbons (Fsp3) is 0.692. The van der Waals surface area contributed by atoms with Crippen molar-refractivity contribution in [1.82, 2.24) is 4.90 Å². The van der Waals surface area contributed by atoms with Crippen LogP contribution in [0.5, 0.6) is 0 Å². The maximum Gasteiger partial charge on any atom is 0.00189 e. The molecule has 0 aromatic carbocycles. The molecule has 0 aromatic rings. The molecular formula is C13H21N. The molecule has 1 heteroatoms. The van der Waals surface area contributed by atoms with Crippen molar-refractivity contribution >= 4 is 0 Å². The van der Waals surface area contributed by atoms with Crippen LogP contribution in [0.4, 0.5) is 0 Å². The summed E-state index contributed by atoms with van der Waals surface area (Å²) in [5.74, 6) is 0.775. The van der Waals surface area contributed by atoms with Gasteiger partial charge in [0, 0.05) is 13.1 Å². The molecule has 14 heavy (non-hydrogen) atoms. The van der Waals surface area contributed by atoms with E-state index < -0.39 is 0 Å². The fourth-order valence-corrected chi connectivity index (χ4v) is 2.44. The van der Waals surface area contributed by atoms with Crippen LogP contribution < -0.4 is 0 Å². The monoisotopic (exact) mass is 191 g/mol. The van der Waals surface area contributed by atoms with E-state index in [0.717, 1.165) is 5.92 Å². The van der Waals surface area contributed by atoms with Crippen molar-refractivity contribution in [1.29, 1.82) is 0 Å². The zero-order valence-electron chi connectivity index (χ0n) is 9.64. The standard InChI is InChI=1S/C13H21N/c1-10-8-12-4-6-14(3)7-5-13(12)9-11(10)2/h8,11H,4-7,9H2,1-3H3. The molecule has 1 unspecified atom stereocenters. The van der Waals surface area contributed by atoms with Crippen molar-refractivity contribution in [3.63, 3.8) is 0 Å². The largest absolute Gasteiger partial charge is 0.306 e. The SMILES string of the molecule is CC1=CC2=C(CCN(C)CC2)CC1C. The van der Waals surface area contributed by atoms with Crippen LogP contribution in [0.3, 0.4) is 0 Å². The first kappa shape index (κ1) is 9.97. The van der Waals surface area contributed by atoms with E-state index in [-0.39, 0.29) is 0 Å². The van der Waals surface area contributed by atoms with Gasteiger partial charge in [0.2, 0.25) is 0 Å². The fourth-order valence-electron chi connectivity index (χ4n) is 2.44. The zero-order chi connectivity index (χ0) is 10.1. The summed E-state index contributed by atoms with van der Waals surface area (Å²) in [7, 11) is 2.23. The van der Waals surface area contributed by atoms with Crippen LogP contribution in [0.25, 0.3) is 0 Å². The first-order chi connectivity index (χ1) is 6.66. The molecule has 0 radical (unpaired) electrons. The Morgan fingerprint density at radius 1 is 1.29 bits per heavy atom. The summed E-state index contributed by atoms with van der Waals surface area (Å²) in [6.07, 6.45) is 6.31. The average molecular weight is 191 g/mol. The first-order valence-corrected chi connectivity index (χ1v) is 5.74. The van der Waals surface area contributed by atoms with E-state index in [1.54, 1.807) is 16.7 Å². The second kappa shape index (κ2) is 3.90. The molecule has 1 atom stereocenters. The number of rotatable bonds is 0. The van der Waals surface area contributed by atoms with Crippen LogP contribution in [0.1, 0.15) is 33.1 Å². The predicted molar refractivity (Wildman–Crippen MR) is 61.3 cm³/mol. The minimum atomic E-state index is 0.775. The molecule has 0 aromatic heterocycles. The van der Waals surface area contributed by atoms with Crippen LogP contribution >= 0.6 is 0 Å². The highest BCUT2D eigenvalue weighted by molar-refractivity contribution is 5.35. The number of allylic oxidation sites excluding steroid dienone is 2. The third kappa shape index (κ3) is 1.93. The maximum absolute atomic E-state index is 2.45. The Hall–Kier alpha value is -0.560. The molecule has 78 valence electrons. The molecule has 0 saturated carbocycles. The normalized spacial score (nSPS) is 29.6. The molecule has 0 N–H and O–H groups in total. The van der Waals surface area contributed by atoms with Crippen LogP contribution in [-0.4, -0.2) is 25.0 Å². The highest BCUT2D eigenvalue weighted by Crippen LogP contribution is 2.33. The predicted octanol–water partition coefficient (Wildman–Crippen LogP) is 2.99. The van der Waals surface area contributed by atoms with E-state index >= 15 is 0 Å². The van der Waals surface area contributed by atoms with Crippen LogP contribution in [0.15, 0.2) is 22.8 Å². The molecule has 0 amide bonds. The Morgan fingerprint density at radius 3 is 2.79 bits per heavy atom.